The number of hydrogen-bond acceptors (Lipinski definition) is 4. The van der Waals surface area contributed by atoms with Crippen molar-refractivity contribution in [3.8, 4) is 0 Å². The molecule has 174 valence electrons. The molecule has 0 radical (unpaired) electrons. The van der Waals surface area contributed by atoms with Crippen molar-refractivity contribution in [1.82, 2.24) is 9.47 Å². The number of benzene rings is 1. The molecule has 2 aliphatic heterocycles. The van der Waals surface area contributed by atoms with Gasteiger partial charge in [0.1, 0.15) is 0 Å². The number of carbonyl (C=O) groups excluding carboxylic acids is 1. The van der Waals surface area contributed by atoms with Crippen molar-refractivity contribution in [3.63, 3.8) is 0 Å². The van der Waals surface area contributed by atoms with Gasteiger partial charge in [0.25, 0.3) is 5.56 Å². The maximum atomic E-state index is 13.6. The standard InChI is InChI=1S/C27H33N3O3/c1-2-8-19-13-14-23-24-21(16-29(23)27(19)33)22(17-31)25(30(24)15-18-9-6-7-10-18)26(32)28-20-11-4-3-5-12-20/h2-5,8,11-14,18,21-22,24-25,31H,6-7,9-10,15-17H2,1H3,(H,28,32)/b8-2+/t21-,22-,24+,25-/m0/s1. The molecule has 6 heteroatoms. The van der Waals surface area contributed by atoms with Crippen molar-refractivity contribution in [1.29, 1.82) is 0 Å². The van der Waals surface area contributed by atoms with E-state index in [2.05, 4.69) is 16.3 Å². The molecule has 2 aromatic rings. The number of aliphatic hydroxyl groups is 1. The zero-order valence-corrected chi connectivity index (χ0v) is 19.2. The van der Waals surface area contributed by atoms with Gasteiger partial charge in [0, 0.05) is 48.5 Å². The first-order valence-electron chi connectivity index (χ1n) is 12.2. The van der Waals surface area contributed by atoms with Crippen LogP contribution in [0.1, 0.15) is 49.9 Å². The zero-order chi connectivity index (χ0) is 22.9. The Morgan fingerprint density at radius 3 is 2.61 bits per heavy atom. The van der Waals surface area contributed by atoms with E-state index in [-0.39, 0.29) is 36.0 Å². The van der Waals surface area contributed by atoms with Crippen molar-refractivity contribution in [3.05, 3.63) is 70.2 Å². The van der Waals surface area contributed by atoms with Crippen molar-refractivity contribution in [2.45, 2.75) is 51.2 Å². The van der Waals surface area contributed by atoms with E-state index >= 15 is 0 Å². The monoisotopic (exact) mass is 447 g/mol. The number of rotatable bonds is 6. The summed E-state index contributed by atoms with van der Waals surface area (Å²) >= 11 is 0. The minimum absolute atomic E-state index is 0.0165. The van der Waals surface area contributed by atoms with Gasteiger partial charge in [-0.1, -0.05) is 43.2 Å². The highest BCUT2D eigenvalue weighted by Gasteiger charge is 2.55. The molecule has 1 aromatic heterocycles. The van der Waals surface area contributed by atoms with Gasteiger partial charge in [0.2, 0.25) is 5.91 Å². The Balaban J connectivity index is 1.52. The fourth-order valence-corrected chi connectivity index (χ4v) is 6.37. The van der Waals surface area contributed by atoms with Gasteiger partial charge < -0.3 is 15.0 Å². The van der Waals surface area contributed by atoms with Crippen LogP contribution < -0.4 is 10.9 Å². The molecule has 0 unspecified atom stereocenters. The molecule has 3 aliphatic rings. The fraction of sp³-hybridized carbons (Fsp3) is 0.481. The first-order valence-corrected chi connectivity index (χ1v) is 12.2. The van der Waals surface area contributed by atoms with Crippen LogP contribution in [0.3, 0.4) is 0 Å². The molecule has 33 heavy (non-hydrogen) atoms. The van der Waals surface area contributed by atoms with Crippen molar-refractivity contribution in [2.24, 2.45) is 17.8 Å². The van der Waals surface area contributed by atoms with Gasteiger partial charge >= 0.3 is 0 Å². The van der Waals surface area contributed by atoms with Gasteiger partial charge in [-0.15, -0.1) is 0 Å². The molecule has 5 rings (SSSR count). The largest absolute Gasteiger partial charge is 0.396 e. The highest BCUT2D eigenvalue weighted by molar-refractivity contribution is 5.95. The van der Waals surface area contributed by atoms with Crippen LogP contribution in [-0.2, 0) is 11.3 Å². The second-order valence-corrected chi connectivity index (χ2v) is 9.73. The molecule has 3 heterocycles. The number of aliphatic hydroxyl groups excluding tert-OH is 1. The number of nitrogens with zero attached hydrogens (tertiary/aromatic N) is 2. The van der Waals surface area contributed by atoms with E-state index in [1.54, 1.807) is 0 Å². The molecule has 1 saturated carbocycles. The average Bonchev–Trinajstić information content (AvgIpc) is 3.53. The van der Waals surface area contributed by atoms with E-state index in [1.165, 1.54) is 25.7 Å². The lowest BCUT2D eigenvalue weighted by molar-refractivity contribution is -0.122. The molecule has 0 bridgehead atoms. The number of carbonyl (C=O) groups is 1. The summed E-state index contributed by atoms with van der Waals surface area (Å²) in [6.45, 7) is 3.22. The summed E-state index contributed by atoms with van der Waals surface area (Å²) < 4.78 is 1.88. The van der Waals surface area contributed by atoms with Crippen LogP contribution in [0.2, 0.25) is 0 Å². The number of para-hydroxylation sites is 1. The summed E-state index contributed by atoms with van der Waals surface area (Å²) in [4.78, 5) is 29.0. The van der Waals surface area contributed by atoms with Crippen LogP contribution in [0.15, 0.2) is 53.3 Å². The van der Waals surface area contributed by atoms with Gasteiger partial charge in [-0.2, -0.15) is 0 Å². The first kappa shape index (κ1) is 22.1. The molecule has 1 amide bonds. The summed E-state index contributed by atoms with van der Waals surface area (Å²) in [7, 11) is 0. The Kier molecular flexibility index (Phi) is 6.21. The lowest BCUT2D eigenvalue weighted by Gasteiger charge is -2.32. The second kappa shape index (κ2) is 9.27. The quantitative estimate of drug-likeness (QED) is 0.709. The van der Waals surface area contributed by atoms with Gasteiger partial charge in [-0.3, -0.25) is 14.5 Å². The van der Waals surface area contributed by atoms with E-state index < -0.39 is 6.04 Å². The van der Waals surface area contributed by atoms with Gasteiger partial charge in [0.05, 0.1) is 12.1 Å². The summed E-state index contributed by atoms with van der Waals surface area (Å²) in [5, 5.41) is 13.5. The van der Waals surface area contributed by atoms with E-state index in [1.807, 2.05) is 60.0 Å². The minimum atomic E-state index is -0.412. The Bertz CT molecular complexity index is 1090. The third-order valence-corrected chi connectivity index (χ3v) is 7.82. The van der Waals surface area contributed by atoms with Crippen LogP contribution in [-0.4, -0.2) is 39.7 Å². The Hall–Kier alpha value is -2.70. The number of anilines is 1. The molecule has 1 aromatic carbocycles. The molecule has 1 aliphatic carbocycles. The molecule has 2 N–H and O–H groups in total. The smallest absolute Gasteiger partial charge is 0.258 e. The third-order valence-electron chi connectivity index (χ3n) is 7.82. The number of aromatic nitrogens is 1. The first-order chi connectivity index (χ1) is 16.1. The van der Waals surface area contributed by atoms with Gasteiger partial charge in [-0.25, -0.2) is 0 Å². The molecule has 6 nitrogen and oxygen atoms in total. The van der Waals surface area contributed by atoms with Crippen molar-refractivity contribution >= 4 is 17.7 Å². The number of nitrogens with one attached hydrogen (secondary N) is 1. The lowest BCUT2D eigenvalue weighted by Crippen LogP contribution is -2.47. The SMILES string of the molecule is C/C=C/c1ccc2n(c1=O)C[C@H]1[C@H](CO)[C@@H](C(=O)Nc3ccccc3)N(CC3CCCC3)[C@@H]21. The number of likely N-dealkylation sites (tertiary alicyclic amines) is 1. The van der Waals surface area contributed by atoms with Crippen LogP contribution in [0.4, 0.5) is 5.69 Å². The highest BCUT2D eigenvalue weighted by atomic mass is 16.3. The number of hydrogen-bond donors (Lipinski definition) is 2. The molecule has 0 spiro atoms. The maximum Gasteiger partial charge on any atom is 0.258 e. The van der Waals surface area contributed by atoms with Crippen LogP contribution in [0.25, 0.3) is 6.08 Å². The zero-order valence-electron chi connectivity index (χ0n) is 19.2. The molecular weight excluding hydrogens is 414 g/mol. The molecule has 1 saturated heterocycles. The number of amides is 1. The molecule has 4 atom stereocenters. The van der Waals surface area contributed by atoms with Gasteiger partial charge in [0.15, 0.2) is 0 Å². The van der Waals surface area contributed by atoms with E-state index in [0.29, 0.717) is 18.0 Å². The Morgan fingerprint density at radius 2 is 1.91 bits per heavy atom. The Morgan fingerprint density at radius 1 is 1.15 bits per heavy atom. The van der Waals surface area contributed by atoms with Crippen LogP contribution in [0.5, 0.6) is 0 Å². The Labute approximate surface area is 194 Å². The normalized spacial score (nSPS) is 27.2. The number of fused-ring (bicyclic) bond motifs is 3. The third kappa shape index (κ3) is 3.96. The van der Waals surface area contributed by atoms with E-state index in [9.17, 15) is 14.7 Å². The summed E-state index contributed by atoms with van der Waals surface area (Å²) in [6, 6.07) is 13.0. The van der Waals surface area contributed by atoms with Gasteiger partial charge in [-0.05, 0) is 49.9 Å². The van der Waals surface area contributed by atoms with E-state index in [0.717, 1.165) is 17.9 Å². The summed E-state index contributed by atoms with van der Waals surface area (Å²) in [6.07, 6.45) is 8.56. The van der Waals surface area contributed by atoms with Crippen LogP contribution in [0, 0.1) is 17.8 Å². The lowest BCUT2D eigenvalue weighted by atomic mass is 9.88. The molecule has 2 fully saturated rings. The van der Waals surface area contributed by atoms with E-state index in [4.69, 9.17) is 0 Å². The average molecular weight is 448 g/mol. The fourth-order valence-electron chi connectivity index (χ4n) is 6.37. The van der Waals surface area contributed by atoms with Crippen LogP contribution >= 0.6 is 0 Å². The topological polar surface area (TPSA) is 74.6 Å². The minimum Gasteiger partial charge on any atom is -0.396 e. The summed E-state index contributed by atoms with van der Waals surface area (Å²) in [5.74, 6) is 0.311. The van der Waals surface area contributed by atoms with Crippen molar-refractivity contribution in [2.75, 3.05) is 18.5 Å². The predicted molar refractivity (Wildman–Crippen MR) is 130 cm³/mol. The number of allylic oxidation sites excluding steroid dienone is 1. The second-order valence-electron chi connectivity index (χ2n) is 9.73. The predicted octanol–water partition coefficient (Wildman–Crippen LogP) is 3.67. The highest BCUT2D eigenvalue weighted by Crippen LogP contribution is 2.50. The number of pyridine rings is 1. The van der Waals surface area contributed by atoms with Crippen molar-refractivity contribution < 1.29 is 9.90 Å². The maximum absolute atomic E-state index is 13.6. The molecular formula is C27H33N3O3. The summed E-state index contributed by atoms with van der Waals surface area (Å²) in [5.41, 5.74) is 2.44.